The molecule has 0 bridgehead atoms. The van der Waals surface area contributed by atoms with E-state index in [4.69, 9.17) is 4.98 Å². The number of hydrogen-bond donors (Lipinski definition) is 0. The number of benzene rings is 3. The first kappa shape index (κ1) is 31.4. The first-order valence-electron chi connectivity index (χ1n) is 13.6. The minimum absolute atomic E-state index is 0. The molecule has 0 aliphatic heterocycles. The summed E-state index contributed by atoms with van der Waals surface area (Å²) in [4.78, 5) is 9.39. The largest absolute Gasteiger partial charge is 0.305 e. The van der Waals surface area contributed by atoms with E-state index in [0.717, 1.165) is 40.2 Å². The molecular weight excluding hydrogens is 681 g/mol. The fraction of sp³-hybridized carbons (Fsp3) is 0.222. The van der Waals surface area contributed by atoms with E-state index >= 15 is 0 Å². The summed E-state index contributed by atoms with van der Waals surface area (Å²) in [5.74, 6) is 0. The maximum Gasteiger partial charge on any atom is 0.0798 e. The van der Waals surface area contributed by atoms with Gasteiger partial charge in [-0.3, -0.25) is 4.98 Å². The van der Waals surface area contributed by atoms with Crippen LogP contribution in [0.5, 0.6) is 0 Å². The van der Waals surface area contributed by atoms with E-state index in [2.05, 4.69) is 88.0 Å². The average Bonchev–Trinajstić information content (AvgIpc) is 2.93. The van der Waals surface area contributed by atoms with Gasteiger partial charge in [-0.2, -0.15) is 0 Å². The molecule has 0 amide bonds. The van der Waals surface area contributed by atoms with E-state index in [1.165, 1.54) is 10.8 Å². The Hall–Kier alpha value is -3.17. The Balaban J connectivity index is 0.000000217. The smallest absolute Gasteiger partial charge is 0.0798 e. The molecule has 0 spiro atoms. The van der Waals surface area contributed by atoms with Gasteiger partial charge in [0.15, 0.2) is 0 Å². The van der Waals surface area contributed by atoms with Crippen LogP contribution in [0.15, 0.2) is 109 Å². The van der Waals surface area contributed by atoms with Gasteiger partial charge in [0.25, 0.3) is 0 Å². The molecule has 0 atom stereocenters. The third kappa shape index (κ3) is 8.92. The second-order valence-corrected chi connectivity index (χ2v) is 17.1. The standard InChI is InChI=1S/C19H26NSi.C17H12N.Ir/c1-19(2,3)13-16-12-17(15-10-8-7-9-11-15)20-14-18(16)21(4,5)6;1-3-8-14(9-4-1)16-12-7-13-17(18-16)15-10-5-2-6-11-15;/h7-10,12,14H,13H2,1-6H3;1-10,12-13H;/q2*-1;. The van der Waals surface area contributed by atoms with Crippen molar-refractivity contribution in [1.29, 1.82) is 0 Å². The van der Waals surface area contributed by atoms with Crippen LogP contribution in [-0.4, -0.2) is 18.0 Å². The van der Waals surface area contributed by atoms with Crippen LogP contribution in [0.25, 0.3) is 33.8 Å². The second-order valence-electron chi connectivity index (χ2n) is 12.0. The Kier molecular flexibility index (Phi) is 10.9. The van der Waals surface area contributed by atoms with Gasteiger partial charge >= 0.3 is 0 Å². The van der Waals surface area contributed by atoms with E-state index in [9.17, 15) is 0 Å². The molecule has 0 saturated heterocycles. The van der Waals surface area contributed by atoms with Crippen molar-refractivity contribution >= 4 is 13.3 Å². The van der Waals surface area contributed by atoms with Gasteiger partial charge in [0.05, 0.1) is 13.8 Å². The zero-order valence-electron chi connectivity index (χ0n) is 24.3. The van der Waals surface area contributed by atoms with Gasteiger partial charge < -0.3 is 4.98 Å². The summed E-state index contributed by atoms with van der Waals surface area (Å²) in [5.41, 5.74) is 7.97. The topological polar surface area (TPSA) is 25.8 Å². The van der Waals surface area contributed by atoms with Crippen LogP contribution in [-0.2, 0) is 26.5 Å². The van der Waals surface area contributed by atoms with Crippen LogP contribution in [0.1, 0.15) is 26.3 Å². The molecule has 5 rings (SSSR count). The van der Waals surface area contributed by atoms with E-state index in [0.29, 0.717) is 0 Å². The third-order valence-electron chi connectivity index (χ3n) is 6.31. The molecule has 2 aromatic heterocycles. The minimum atomic E-state index is -1.37. The van der Waals surface area contributed by atoms with Crippen molar-refractivity contribution in [1.82, 2.24) is 9.97 Å². The monoisotopic (exact) mass is 719 g/mol. The van der Waals surface area contributed by atoms with Crippen LogP contribution in [0.4, 0.5) is 0 Å². The average molecular weight is 719 g/mol. The van der Waals surface area contributed by atoms with Crippen LogP contribution in [0.3, 0.4) is 0 Å². The van der Waals surface area contributed by atoms with E-state index < -0.39 is 8.07 Å². The van der Waals surface area contributed by atoms with Crippen molar-refractivity contribution in [2.75, 3.05) is 0 Å². The van der Waals surface area contributed by atoms with Gasteiger partial charge in [0.2, 0.25) is 0 Å². The molecule has 207 valence electrons. The normalized spacial score (nSPS) is 11.2. The molecule has 40 heavy (non-hydrogen) atoms. The molecule has 2 heterocycles. The summed E-state index contributed by atoms with van der Waals surface area (Å²) >= 11 is 0. The Labute approximate surface area is 255 Å². The summed E-state index contributed by atoms with van der Waals surface area (Å²) in [6.45, 7) is 14.1. The van der Waals surface area contributed by atoms with Gasteiger partial charge in [0.1, 0.15) is 0 Å². The summed E-state index contributed by atoms with van der Waals surface area (Å²) in [6.07, 6.45) is 3.21. The van der Waals surface area contributed by atoms with Gasteiger partial charge in [0, 0.05) is 26.3 Å². The molecule has 0 saturated carbocycles. The Morgan fingerprint density at radius 1 is 0.675 bits per heavy atom. The van der Waals surface area contributed by atoms with E-state index in [1.54, 1.807) is 0 Å². The molecule has 3 aromatic carbocycles. The predicted octanol–water partition coefficient (Wildman–Crippen LogP) is 8.90. The van der Waals surface area contributed by atoms with Crippen molar-refractivity contribution in [3.05, 3.63) is 127 Å². The van der Waals surface area contributed by atoms with Gasteiger partial charge in [-0.1, -0.05) is 94.5 Å². The fourth-order valence-corrected chi connectivity index (χ4v) is 6.07. The molecule has 0 aliphatic carbocycles. The Morgan fingerprint density at radius 2 is 1.25 bits per heavy atom. The van der Waals surface area contributed by atoms with Gasteiger partial charge in [-0.15, -0.1) is 71.8 Å². The second kappa shape index (κ2) is 13.9. The van der Waals surface area contributed by atoms with Crippen LogP contribution in [0, 0.1) is 17.5 Å². The number of rotatable bonds is 5. The Morgan fingerprint density at radius 3 is 1.80 bits per heavy atom. The third-order valence-corrected chi connectivity index (χ3v) is 8.37. The molecular formula is C36H38IrN2Si-2. The summed E-state index contributed by atoms with van der Waals surface area (Å²) < 4.78 is 0. The molecule has 0 unspecified atom stereocenters. The maximum absolute atomic E-state index is 4.71. The molecule has 0 aliphatic rings. The van der Waals surface area contributed by atoms with Crippen LogP contribution < -0.4 is 5.19 Å². The van der Waals surface area contributed by atoms with Crippen LogP contribution in [0.2, 0.25) is 19.6 Å². The van der Waals surface area contributed by atoms with Crippen molar-refractivity contribution in [3.63, 3.8) is 0 Å². The molecule has 0 N–H and O–H groups in total. The zero-order chi connectivity index (χ0) is 27.9. The minimum Gasteiger partial charge on any atom is -0.305 e. The van der Waals surface area contributed by atoms with Gasteiger partial charge in [-0.05, 0) is 40.0 Å². The Bertz CT molecular complexity index is 1420. The van der Waals surface area contributed by atoms with Crippen molar-refractivity contribution < 1.29 is 20.1 Å². The van der Waals surface area contributed by atoms with E-state index in [-0.39, 0.29) is 25.5 Å². The van der Waals surface area contributed by atoms with Crippen molar-refractivity contribution in [2.45, 2.75) is 46.8 Å². The van der Waals surface area contributed by atoms with Crippen molar-refractivity contribution in [3.8, 4) is 33.8 Å². The molecule has 4 heteroatoms. The molecule has 1 radical (unpaired) electrons. The zero-order valence-corrected chi connectivity index (χ0v) is 27.7. The quantitative estimate of drug-likeness (QED) is 0.134. The fourth-order valence-electron chi connectivity index (χ4n) is 4.50. The number of hydrogen-bond acceptors (Lipinski definition) is 2. The van der Waals surface area contributed by atoms with E-state index in [1.807, 2.05) is 78.9 Å². The van der Waals surface area contributed by atoms with Gasteiger partial charge in [-0.25, -0.2) is 0 Å². The predicted molar refractivity (Wildman–Crippen MR) is 169 cm³/mol. The summed E-state index contributed by atoms with van der Waals surface area (Å²) in [5, 5.41) is 1.48. The summed E-state index contributed by atoms with van der Waals surface area (Å²) in [7, 11) is -1.37. The first-order chi connectivity index (χ1) is 18.6. The maximum atomic E-state index is 4.71. The molecule has 0 fully saturated rings. The summed E-state index contributed by atoms with van der Waals surface area (Å²) in [6, 6.07) is 41.0. The number of nitrogens with zero attached hydrogens (tertiary/aromatic N) is 2. The number of pyridine rings is 2. The first-order valence-corrected chi connectivity index (χ1v) is 17.1. The molecule has 5 aromatic rings. The molecule has 2 nitrogen and oxygen atoms in total. The number of aromatic nitrogens is 2. The van der Waals surface area contributed by atoms with Crippen LogP contribution >= 0.6 is 0 Å². The SMILES string of the molecule is CC(C)(C)Cc1cc(-c2[c-]cccc2)ncc1[Si](C)(C)C.[Ir].[c-]1ccccc1-c1cccc(-c2ccccc2)n1. The van der Waals surface area contributed by atoms with Crippen molar-refractivity contribution in [2.24, 2.45) is 5.41 Å².